The van der Waals surface area contributed by atoms with Gasteiger partial charge in [-0.3, -0.25) is 9.78 Å². The first-order chi connectivity index (χ1) is 16.9. The molecule has 0 spiro atoms. The molecule has 0 radical (unpaired) electrons. The standard InChI is InChI=1S/C22H23FN2O.C5H10O2.C2H6/c1-3-12-25(13-4-2)22(26)18-7-9-19(20(23)15-18)16-8-10-21-17(14-16)6-5-11-24-21;1-5(7)3-2-4-6;1-2/h5-11,14-15H,3-4,12-13H2,1-2H3;6H,2-4H2,1H3;1-2H3. The maximum Gasteiger partial charge on any atom is 0.253 e. The minimum atomic E-state index is -0.382. The number of halogens is 1. The first-order valence-corrected chi connectivity index (χ1v) is 12.5. The molecule has 3 aromatic rings. The Labute approximate surface area is 209 Å². The predicted octanol–water partition coefficient (Wildman–Crippen LogP) is 6.68. The third-order valence-corrected chi connectivity index (χ3v) is 5.09. The molecule has 0 saturated carbocycles. The molecule has 190 valence electrons. The summed E-state index contributed by atoms with van der Waals surface area (Å²) in [5.74, 6) is -0.344. The van der Waals surface area contributed by atoms with Crippen LogP contribution in [0.25, 0.3) is 22.0 Å². The van der Waals surface area contributed by atoms with Gasteiger partial charge in [-0.15, -0.1) is 0 Å². The van der Waals surface area contributed by atoms with Crippen LogP contribution in [0.5, 0.6) is 0 Å². The number of pyridine rings is 1. The van der Waals surface area contributed by atoms with Crippen LogP contribution in [0, 0.1) is 5.82 Å². The summed E-state index contributed by atoms with van der Waals surface area (Å²) in [4.78, 5) is 28.8. The maximum absolute atomic E-state index is 14.7. The van der Waals surface area contributed by atoms with Gasteiger partial charge in [-0.1, -0.05) is 45.9 Å². The maximum atomic E-state index is 14.7. The molecule has 5 nitrogen and oxygen atoms in total. The molecule has 0 aliphatic heterocycles. The highest BCUT2D eigenvalue weighted by Gasteiger charge is 2.16. The molecule has 1 heterocycles. The second-order valence-electron chi connectivity index (χ2n) is 7.93. The fraction of sp³-hybridized carbons (Fsp3) is 0.414. The molecule has 0 unspecified atom stereocenters. The van der Waals surface area contributed by atoms with Crippen LogP contribution in [0.3, 0.4) is 0 Å². The monoisotopic (exact) mass is 482 g/mol. The molecule has 1 N–H and O–H groups in total. The number of hydrogen-bond acceptors (Lipinski definition) is 4. The van der Waals surface area contributed by atoms with Crippen molar-refractivity contribution in [1.82, 2.24) is 9.88 Å². The third-order valence-electron chi connectivity index (χ3n) is 5.09. The van der Waals surface area contributed by atoms with Crippen LogP contribution < -0.4 is 0 Å². The first-order valence-electron chi connectivity index (χ1n) is 12.5. The van der Waals surface area contributed by atoms with Gasteiger partial charge in [-0.25, -0.2) is 4.39 Å². The van der Waals surface area contributed by atoms with Gasteiger partial charge in [0.05, 0.1) is 5.52 Å². The molecule has 0 bridgehead atoms. The van der Waals surface area contributed by atoms with E-state index in [-0.39, 0.29) is 24.1 Å². The number of aliphatic hydroxyl groups excluding tert-OH is 1. The van der Waals surface area contributed by atoms with Gasteiger partial charge in [0.15, 0.2) is 0 Å². The topological polar surface area (TPSA) is 70.5 Å². The Balaban J connectivity index is 0.000000587. The number of carbonyl (C=O) groups excluding carboxylic acids is 2. The van der Waals surface area contributed by atoms with E-state index in [1.807, 2.05) is 58.0 Å². The molecular formula is C29H39FN2O3. The Morgan fingerprint density at radius 3 is 2.23 bits per heavy atom. The second-order valence-corrected chi connectivity index (χ2v) is 7.93. The van der Waals surface area contributed by atoms with E-state index >= 15 is 0 Å². The van der Waals surface area contributed by atoms with Crippen molar-refractivity contribution in [2.45, 2.75) is 60.3 Å². The molecule has 6 heteroatoms. The smallest absolute Gasteiger partial charge is 0.253 e. The molecule has 0 aliphatic rings. The van der Waals surface area contributed by atoms with Crippen molar-refractivity contribution in [2.24, 2.45) is 0 Å². The highest BCUT2D eigenvalue weighted by molar-refractivity contribution is 5.95. The number of amides is 1. The normalized spacial score (nSPS) is 10.0. The summed E-state index contributed by atoms with van der Waals surface area (Å²) < 4.78 is 14.7. The number of carbonyl (C=O) groups is 2. The minimum absolute atomic E-state index is 0.109. The van der Waals surface area contributed by atoms with Crippen molar-refractivity contribution in [3.63, 3.8) is 0 Å². The Bertz CT molecular complexity index is 1060. The fourth-order valence-electron chi connectivity index (χ4n) is 3.49. The Morgan fingerprint density at radius 1 is 1.00 bits per heavy atom. The lowest BCUT2D eigenvalue weighted by molar-refractivity contribution is -0.117. The van der Waals surface area contributed by atoms with Crippen LogP contribution in [0.15, 0.2) is 54.7 Å². The lowest BCUT2D eigenvalue weighted by Gasteiger charge is -2.21. The van der Waals surface area contributed by atoms with Crippen LogP contribution in [0.4, 0.5) is 4.39 Å². The molecule has 2 aromatic carbocycles. The zero-order valence-electron chi connectivity index (χ0n) is 21.7. The molecule has 35 heavy (non-hydrogen) atoms. The fourth-order valence-corrected chi connectivity index (χ4v) is 3.49. The van der Waals surface area contributed by atoms with Gasteiger partial charge in [0.25, 0.3) is 5.91 Å². The van der Waals surface area contributed by atoms with Crippen LogP contribution >= 0.6 is 0 Å². The zero-order valence-corrected chi connectivity index (χ0v) is 21.7. The van der Waals surface area contributed by atoms with Gasteiger partial charge in [-0.2, -0.15) is 0 Å². The van der Waals surface area contributed by atoms with E-state index in [0.29, 0.717) is 37.1 Å². The van der Waals surface area contributed by atoms with E-state index in [1.165, 1.54) is 13.0 Å². The summed E-state index contributed by atoms with van der Waals surface area (Å²) in [5, 5.41) is 9.12. The van der Waals surface area contributed by atoms with Gasteiger partial charge < -0.3 is 14.8 Å². The van der Waals surface area contributed by atoms with Crippen LogP contribution in [0.1, 0.15) is 70.7 Å². The highest BCUT2D eigenvalue weighted by atomic mass is 19.1. The van der Waals surface area contributed by atoms with Gasteiger partial charge in [-0.05, 0) is 62.1 Å². The van der Waals surface area contributed by atoms with Crippen molar-refractivity contribution >= 4 is 22.6 Å². The highest BCUT2D eigenvalue weighted by Crippen LogP contribution is 2.27. The minimum Gasteiger partial charge on any atom is -0.396 e. The summed E-state index contributed by atoms with van der Waals surface area (Å²) >= 11 is 0. The number of fused-ring (bicyclic) bond motifs is 1. The van der Waals surface area contributed by atoms with E-state index in [2.05, 4.69) is 4.98 Å². The number of aliphatic hydroxyl groups is 1. The van der Waals surface area contributed by atoms with Gasteiger partial charge >= 0.3 is 0 Å². The average Bonchev–Trinajstić information content (AvgIpc) is 2.88. The SMILES string of the molecule is CC.CC(=O)CCCO.CCCN(CCC)C(=O)c1ccc(-c2ccc3ncccc3c2)c(F)c1. The van der Waals surface area contributed by atoms with Crippen LogP contribution in [0.2, 0.25) is 0 Å². The van der Waals surface area contributed by atoms with Crippen LogP contribution in [-0.2, 0) is 4.79 Å². The number of benzene rings is 2. The largest absolute Gasteiger partial charge is 0.396 e. The zero-order chi connectivity index (χ0) is 26.2. The van der Waals surface area contributed by atoms with Gasteiger partial charge in [0.2, 0.25) is 0 Å². The molecule has 1 aromatic heterocycles. The summed E-state index contributed by atoms with van der Waals surface area (Å²) in [6, 6.07) is 14.2. The van der Waals surface area contributed by atoms with Crippen LogP contribution in [-0.4, -0.2) is 46.4 Å². The molecule has 0 saturated heterocycles. The molecule has 0 fully saturated rings. The first kappa shape index (κ1) is 29.9. The number of Topliss-reactive ketones (excluding diaryl/α,β-unsaturated/α-hetero) is 1. The average molecular weight is 483 g/mol. The van der Waals surface area contributed by atoms with Crippen molar-refractivity contribution in [3.8, 4) is 11.1 Å². The number of hydrogen-bond donors (Lipinski definition) is 1. The van der Waals surface area contributed by atoms with Crippen molar-refractivity contribution < 1.29 is 19.1 Å². The summed E-state index contributed by atoms with van der Waals surface area (Å²) in [6.07, 6.45) is 4.63. The lowest BCUT2D eigenvalue weighted by Crippen LogP contribution is -2.32. The number of ketones is 1. The van der Waals surface area contributed by atoms with E-state index < -0.39 is 0 Å². The van der Waals surface area contributed by atoms with E-state index in [4.69, 9.17) is 5.11 Å². The molecule has 1 amide bonds. The number of rotatable bonds is 9. The van der Waals surface area contributed by atoms with Gasteiger partial charge in [0.1, 0.15) is 11.6 Å². The summed E-state index contributed by atoms with van der Waals surface area (Å²) in [6.45, 7) is 11.1. The Morgan fingerprint density at radius 2 is 1.69 bits per heavy atom. The predicted molar refractivity (Wildman–Crippen MR) is 142 cm³/mol. The summed E-state index contributed by atoms with van der Waals surface area (Å²) in [7, 11) is 0. The number of aromatic nitrogens is 1. The van der Waals surface area contributed by atoms with Crippen molar-refractivity contribution in [2.75, 3.05) is 19.7 Å². The molecule has 3 rings (SSSR count). The number of nitrogens with zero attached hydrogens (tertiary/aromatic N) is 2. The second kappa shape index (κ2) is 16.5. The molecule has 0 aliphatic carbocycles. The quantitative estimate of drug-likeness (QED) is 0.369. The van der Waals surface area contributed by atoms with E-state index in [0.717, 1.165) is 29.3 Å². The van der Waals surface area contributed by atoms with E-state index in [9.17, 15) is 14.0 Å². The molecule has 0 atom stereocenters. The summed E-state index contributed by atoms with van der Waals surface area (Å²) in [5.41, 5.74) is 2.54. The van der Waals surface area contributed by atoms with Gasteiger partial charge in [0, 0.05) is 48.8 Å². The molecular weight excluding hydrogens is 443 g/mol. The lowest BCUT2D eigenvalue weighted by atomic mass is 10.0. The van der Waals surface area contributed by atoms with Crippen molar-refractivity contribution in [3.05, 3.63) is 66.1 Å². The third kappa shape index (κ3) is 9.57. The Hall–Kier alpha value is -3.12. The Kier molecular flexibility index (Phi) is 14.1. The van der Waals surface area contributed by atoms with Crippen molar-refractivity contribution in [1.29, 1.82) is 0 Å². The van der Waals surface area contributed by atoms with E-state index in [1.54, 1.807) is 23.2 Å².